The van der Waals surface area contributed by atoms with Crippen molar-refractivity contribution in [1.29, 1.82) is 0 Å². The van der Waals surface area contributed by atoms with Gasteiger partial charge in [-0.1, -0.05) is 150 Å². The van der Waals surface area contributed by atoms with Crippen LogP contribution < -0.4 is 0 Å². The summed E-state index contributed by atoms with van der Waals surface area (Å²) in [7, 11) is 0. The van der Waals surface area contributed by atoms with Crippen molar-refractivity contribution in [2.75, 3.05) is 52.4 Å². The largest absolute Gasteiger partial charge is 0.342 e. The summed E-state index contributed by atoms with van der Waals surface area (Å²) in [6.45, 7) is 19.4. The Morgan fingerprint density at radius 3 is 1.02 bits per heavy atom. The van der Waals surface area contributed by atoms with Gasteiger partial charge >= 0.3 is 0 Å². The molecule has 0 aromatic carbocycles. The lowest BCUT2D eigenvalue weighted by Gasteiger charge is -2.30. The van der Waals surface area contributed by atoms with Gasteiger partial charge in [0.05, 0.1) is 6.54 Å². The third-order valence-corrected chi connectivity index (χ3v) is 8.66. The van der Waals surface area contributed by atoms with E-state index in [2.05, 4.69) is 49.3 Å². The Bertz CT molecular complexity index is 502. The van der Waals surface area contributed by atoms with Gasteiger partial charge in [-0.2, -0.15) is 0 Å². The average molecular weight is 580 g/mol. The van der Waals surface area contributed by atoms with E-state index >= 15 is 0 Å². The fourth-order valence-corrected chi connectivity index (χ4v) is 5.96. The third kappa shape index (κ3) is 26.7. The van der Waals surface area contributed by atoms with Gasteiger partial charge in [0.25, 0.3) is 0 Å². The van der Waals surface area contributed by atoms with Crippen molar-refractivity contribution in [3.05, 3.63) is 0 Å². The summed E-state index contributed by atoms with van der Waals surface area (Å²) in [5.74, 6) is 0.349. The molecule has 4 nitrogen and oxygen atoms in total. The highest BCUT2D eigenvalue weighted by Crippen LogP contribution is 2.12. The lowest BCUT2D eigenvalue weighted by atomic mass is 10.1. The van der Waals surface area contributed by atoms with Crippen LogP contribution in [0.4, 0.5) is 0 Å². The van der Waals surface area contributed by atoms with Gasteiger partial charge < -0.3 is 9.80 Å². The van der Waals surface area contributed by atoms with Gasteiger partial charge in [0.15, 0.2) is 0 Å². The van der Waals surface area contributed by atoms with E-state index in [9.17, 15) is 4.79 Å². The van der Waals surface area contributed by atoms with E-state index in [1.54, 1.807) is 0 Å². The van der Waals surface area contributed by atoms with Crippen molar-refractivity contribution in [2.45, 2.75) is 182 Å². The number of carbonyl (C=O) groups excluding carboxylic acids is 1. The smallest absolute Gasteiger partial charge is 0.236 e. The van der Waals surface area contributed by atoms with E-state index in [1.807, 2.05) is 0 Å². The molecule has 0 heterocycles. The highest BCUT2D eigenvalue weighted by molar-refractivity contribution is 5.78. The molecule has 0 aliphatic carbocycles. The lowest BCUT2D eigenvalue weighted by Crippen LogP contribution is -2.44. The SMILES string of the molecule is CCCCCCCCCN(CCCCCCCCC)CCN(CCCCCCCCC)CC(=O)N(CCC)CCC. The van der Waals surface area contributed by atoms with Crippen LogP contribution in [0.5, 0.6) is 0 Å². The summed E-state index contributed by atoms with van der Waals surface area (Å²) in [6, 6.07) is 0. The lowest BCUT2D eigenvalue weighted by molar-refractivity contribution is -0.132. The van der Waals surface area contributed by atoms with Gasteiger partial charge in [-0.3, -0.25) is 9.69 Å². The van der Waals surface area contributed by atoms with Crippen molar-refractivity contribution in [3.8, 4) is 0 Å². The number of amides is 1. The number of unbranched alkanes of at least 4 members (excludes halogenated alkanes) is 18. The van der Waals surface area contributed by atoms with Crippen molar-refractivity contribution in [2.24, 2.45) is 0 Å². The molecule has 0 radical (unpaired) electrons. The highest BCUT2D eigenvalue weighted by atomic mass is 16.2. The third-order valence-electron chi connectivity index (χ3n) is 8.66. The molecule has 0 aliphatic rings. The number of rotatable bonds is 33. The molecule has 0 rings (SSSR count). The fourth-order valence-electron chi connectivity index (χ4n) is 5.96. The maximum Gasteiger partial charge on any atom is 0.236 e. The van der Waals surface area contributed by atoms with Crippen LogP contribution >= 0.6 is 0 Å². The van der Waals surface area contributed by atoms with E-state index in [1.165, 1.54) is 148 Å². The van der Waals surface area contributed by atoms with Crippen molar-refractivity contribution in [1.82, 2.24) is 14.7 Å². The zero-order valence-electron chi connectivity index (χ0n) is 29.2. The Kier molecular flexibility index (Phi) is 31.8. The minimum Gasteiger partial charge on any atom is -0.342 e. The van der Waals surface area contributed by atoms with E-state index in [-0.39, 0.29) is 0 Å². The second kappa shape index (κ2) is 32.3. The minimum atomic E-state index is 0.349. The summed E-state index contributed by atoms with van der Waals surface area (Å²) in [5.41, 5.74) is 0. The van der Waals surface area contributed by atoms with Gasteiger partial charge in [-0.15, -0.1) is 0 Å². The maximum absolute atomic E-state index is 13.3. The molecule has 0 N–H and O–H groups in total. The Balaban J connectivity index is 4.92. The molecule has 0 saturated heterocycles. The molecule has 0 atom stereocenters. The Morgan fingerprint density at radius 1 is 0.341 bits per heavy atom. The van der Waals surface area contributed by atoms with Crippen molar-refractivity contribution in [3.63, 3.8) is 0 Å². The molecule has 0 aromatic rings. The van der Waals surface area contributed by atoms with Gasteiger partial charge in [0.1, 0.15) is 0 Å². The molecule has 0 aliphatic heterocycles. The molecule has 1 amide bonds. The predicted octanol–water partition coefficient (Wildman–Crippen LogP) is 10.5. The highest BCUT2D eigenvalue weighted by Gasteiger charge is 2.17. The van der Waals surface area contributed by atoms with E-state index in [4.69, 9.17) is 0 Å². The normalized spacial score (nSPS) is 11.7. The second-order valence-corrected chi connectivity index (χ2v) is 12.9. The first-order valence-corrected chi connectivity index (χ1v) is 18.8. The summed E-state index contributed by atoms with van der Waals surface area (Å²) >= 11 is 0. The molecule has 0 saturated carbocycles. The molecule has 0 bridgehead atoms. The summed E-state index contributed by atoms with van der Waals surface area (Å²) in [5, 5.41) is 0. The van der Waals surface area contributed by atoms with E-state index in [0.717, 1.165) is 45.6 Å². The molecule has 0 fully saturated rings. The number of hydrogen-bond donors (Lipinski definition) is 0. The predicted molar refractivity (Wildman–Crippen MR) is 184 cm³/mol. The van der Waals surface area contributed by atoms with Crippen LogP contribution in [0.2, 0.25) is 0 Å². The van der Waals surface area contributed by atoms with Crippen molar-refractivity contribution >= 4 is 5.91 Å². The van der Waals surface area contributed by atoms with Crippen LogP contribution in [-0.4, -0.2) is 73.0 Å². The molecule has 0 unspecified atom stereocenters. The van der Waals surface area contributed by atoms with Crippen LogP contribution in [0.15, 0.2) is 0 Å². The number of carbonyl (C=O) groups is 1. The first kappa shape index (κ1) is 40.4. The first-order chi connectivity index (χ1) is 20.1. The molecule has 41 heavy (non-hydrogen) atoms. The van der Waals surface area contributed by atoms with Crippen LogP contribution in [0, 0.1) is 0 Å². The monoisotopic (exact) mass is 580 g/mol. The quantitative estimate of drug-likeness (QED) is 0.0724. The zero-order chi connectivity index (χ0) is 30.2. The minimum absolute atomic E-state index is 0.349. The zero-order valence-corrected chi connectivity index (χ0v) is 29.2. The van der Waals surface area contributed by atoms with Gasteiger partial charge in [-0.25, -0.2) is 0 Å². The maximum atomic E-state index is 13.3. The Hall–Kier alpha value is -0.610. The van der Waals surface area contributed by atoms with Gasteiger partial charge in [0.2, 0.25) is 5.91 Å². The van der Waals surface area contributed by atoms with Crippen molar-refractivity contribution < 1.29 is 4.79 Å². The van der Waals surface area contributed by atoms with E-state index in [0.29, 0.717) is 12.5 Å². The molecule has 246 valence electrons. The second-order valence-electron chi connectivity index (χ2n) is 12.9. The topological polar surface area (TPSA) is 26.8 Å². The summed E-state index contributed by atoms with van der Waals surface area (Å²) in [6.07, 6.45) is 30.7. The van der Waals surface area contributed by atoms with E-state index < -0.39 is 0 Å². The van der Waals surface area contributed by atoms with Crippen LogP contribution in [0.1, 0.15) is 182 Å². The molecule has 0 spiro atoms. The first-order valence-electron chi connectivity index (χ1n) is 18.8. The number of hydrogen-bond acceptors (Lipinski definition) is 3. The number of nitrogens with zero attached hydrogens (tertiary/aromatic N) is 3. The Labute approximate surface area is 259 Å². The standard InChI is InChI=1S/C37H77N3O/c1-6-11-14-17-20-23-26-31-38(32-27-24-21-18-15-12-7-2)34-35-39(33-28-25-22-19-16-13-8-3)36-37(41)40(29-9-4)30-10-5/h6-36H2,1-5H3. The van der Waals surface area contributed by atoms with Gasteiger partial charge in [-0.05, 0) is 51.7 Å². The molecular formula is C37H77N3O. The van der Waals surface area contributed by atoms with Crippen LogP contribution in [0.25, 0.3) is 0 Å². The van der Waals surface area contributed by atoms with Crippen LogP contribution in [0.3, 0.4) is 0 Å². The van der Waals surface area contributed by atoms with Gasteiger partial charge in [0, 0.05) is 26.2 Å². The average Bonchev–Trinajstić information content (AvgIpc) is 2.97. The molecule has 4 heteroatoms. The fraction of sp³-hybridized carbons (Fsp3) is 0.973. The molecular weight excluding hydrogens is 502 g/mol. The molecule has 0 aromatic heterocycles. The summed E-state index contributed by atoms with van der Waals surface area (Å²) < 4.78 is 0. The van der Waals surface area contributed by atoms with Crippen LogP contribution in [-0.2, 0) is 4.79 Å². The summed E-state index contributed by atoms with van der Waals surface area (Å²) in [4.78, 5) is 20.7. The Morgan fingerprint density at radius 2 is 0.659 bits per heavy atom.